The third-order valence-electron chi connectivity index (χ3n) is 1.95. The van der Waals surface area contributed by atoms with Crippen LogP contribution in [0.4, 0.5) is 0 Å². The number of carbonyl (C=O) groups is 1. The monoisotopic (exact) mass is 182 g/mol. The Bertz CT molecular complexity index is 329. The van der Waals surface area contributed by atoms with Crippen molar-refractivity contribution in [2.24, 2.45) is 7.05 Å². The van der Waals surface area contributed by atoms with Crippen LogP contribution >= 0.6 is 0 Å². The van der Waals surface area contributed by atoms with E-state index in [0.717, 1.165) is 11.4 Å². The smallest absolute Gasteiger partial charge is 0.311 e. The summed E-state index contributed by atoms with van der Waals surface area (Å²) < 4.78 is 6.83. The van der Waals surface area contributed by atoms with Gasteiger partial charge in [-0.1, -0.05) is 6.92 Å². The molecular formula is C9H14N2O2. The fourth-order valence-electron chi connectivity index (χ4n) is 1.09. The lowest BCUT2D eigenvalue weighted by molar-refractivity contribution is -0.134. The number of rotatable bonds is 2. The third-order valence-corrected chi connectivity index (χ3v) is 1.95. The molecule has 0 atom stereocenters. The minimum Gasteiger partial charge on any atom is -0.423 e. The van der Waals surface area contributed by atoms with Gasteiger partial charge in [-0.05, 0) is 13.8 Å². The van der Waals surface area contributed by atoms with E-state index in [0.29, 0.717) is 12.2 Å². The molecule has 0 N–H and O–H groups in total. The first-order chi connectivity index (χ1) is 6.06. The van der Waals surface area contributed by atoms with E-state index < -0.39 is 0 Å². The highest BCUT2D eigenvalue weighted by atomic mass is 16.5. The standard InChI is InChI=1S/C9H14N2O2/c1-5-8(12)13-9-6(2)10-11(4)7(9)3/h5H2,1-4H3. The number of aryl methyl sites for hydroxylation is 2. The summed E-state index contributed by atoms with van der Waals surface area (Å²) in [4.78, 5) is 11.0. The van der Waals surface area contributed by atoms with E-state index in [9.17, 15) is 4.79 Å². The van der Waals surface area contributed by atoms with Crippen molar-refractivity contribution in [1.82, 2.24) is 9.78 Å². The van der Waals surface area contributed by atoms with Crippen molar-refractivity contribution >= 4 is 5.97 Å². The highest BCUT2D eigenvalue weighted by Crippen LogP contribution is 2.21. The molecule has 0 aromatic carbocycles. The van der Waals surface area contributed by atoms with Gasteiger partial charge in [0, 0.05) is 13.5 Å². The summed E-state index contributed by atoms with van der Waals surface area (Å²) in [6, 6.07) is 0. The van der Waals surface area contributed by atoms with Gasteiger partial charge < -0.3 is 4.74 Å². The minimum absolute atomic E-state index is 0.223. The predicted octanol–water partition coefficient (Wildman–Crippen LogP) is 1.35. The molecule has 0 fully saturated rings. The van der Waals surface area contributed by atoms with Crippen molar-refractivity contribution in [3.63, 3.8) is 0 Å². The van der Waals surface area contributed by atoms with Crippen molar-refractivity contribution in [3.8, 4) is 5.75 Å². The van der Waals surface area contributed by atoms with Crippen LogP contribution in [-0.2, 0) is 11.8 Å². The molecule has 1 aromatic rings. The Kier molecular flexibility index (Phi) is 2.70. The number of aromatic nitrogens is 2. The van der Waals surface area contributed by atoms with E-state index in [1.807, 2.05) is 20.9 Å². The summed E-state index contributed by atoms with van der Waals surface area (Å²) in [6.07, 6.45) is 0.383. The molecule has 4 nitrogen and oxygen atoms in total. The van der Waals surface area contributed by atoms with Crippen LogP contribution in [0.15, 0.2) is 0 Å². The second kappa shape index (κ2) is 3.60. The second-order valence-electron chi connectivity index (χ2n) is 2.95. The number of esters is 1. The van der Waals surface area contributed by atoms with E-state index >= 15 is 0 Å². The molecule has 1 heterocycles. The van der Waals surface area contributed by atoms with Crippen LogP contribution < -0.4 is 4.74 Å². The average Bonchev–Trinajstić information content (AvgIpc) is 2.32. The summed E-state index contributed by atoms with van der Waals surface area (Å²) >= 11 is 0. The molecule has 0 aliphatic heterocycles. The topological polar surface area (TPSA) is 44.1 Å². The molecule has 0 unspecified atom stereocenters. The van der Waals surface area contributed by atoms with Gasteiger partial charge in [-0.15, -0.1) is 0 Å². The molecule has 0 spiro atoms. The summed E-state index contributed by atoms with van der Waals surface area (Å²) in [7, 11) is 1.83. The Hall–Kier alpha value is -1.32. The number of hydrogen-bond donors (Lipinski definition) is 0. The number of carbonyl (C=O) groups excluding carboxylic acids is 1. The fourth-order valence-corrected chi connectivity index (χ4v) is 1.09. The summed E-state index contributed by atoms with van der Waals surface area (Å²) in [5.41, 5.74) is 1.63. The lowest BCUT2D eigenvalue weighted by Gasteiger charge is -2.01. The third kappa shape index (κ3) is 1.88. The highest BCUT2D eigenvalue weighted by molar-refractivity contribution is 5.72. The Labute approximate surface area is 77.5 Å². The first kappa shape index (κ1) is 9.77. The van der Waals surface area contributed by atoms with Gasteiger partial charge in [0.25, 0.3) is 0 Å². The van der Waals surface area contributed by atoms with Crippen LogP contribution in [-0.4, -0.2) is 15.7 Å². The average molecular weight is 182 g/mol. The van der Waals surface area contributed by atoms with Gasteiger partial charge in [-0.2, -0.15) is 5.10 Å². The molecule has 1 rings (SSSR count). The molecule has 0 saturated carbocycles. The van der Waals surface area contributed by atoms with Crippen molar-refractivity contribution in [3.05, 3.63) is 11.4 Å². The maximum atomic E-state index is 11.0. The molecular weight excluding hydrogens is 168 g/mol. The Morgan fingerprint density at radius 1 is 1.54 bits per heavy atom. The van der Waals surface area contributed by atoms with Crippen LogP contribution in [0.1, 0.15) is 24.7 Å². The van der Waals surface area contributed by atoms with Gasteiger partial charge in [0.1, 0.15) is 5.69 Å². The van der Waals surface area contributed by atoms with E-state index in [-0.39, 0.29) is 5.97 Å². The molecule has 0 amide bonds. The summed E-state index contributed by atoms with van der Waals surface area (Å²) in [5.74, 6) is 0.369. The summed E-state index contributed by atoms with van der Waals surface area (Å²) in [5, 5.41) is 4.14. The first-order valence-corrected chi connectivity index (χ1v) is 4.27. The van der Waals surface area contributed by atoms with Gasteiger partial charge in [0.2, 0.25) is 0 Å². The van der Waals surface area contributed by atoms with Crippen molar-refractivity contribution in [2.75, 3.05) is 0 Å². The van der Waals surface area contributed by atoms with Gasteiger partial charge in [-0.25, -0.2) is 0 Å². The van der Waals surface area contributed by atoms with Crippen molar-refractivity contribution in [2.45, 2.75) is 27.2 Å². The highest BCUT2D eigenvalue weighted by Gasteiger charge is 2.13. The molecule has 0 radical (unpaired) electrons. The number of ether oxygens (including phenoxy) is 1. The van der Waals surface area contributed by atoms with Crippen LogP contribution in [0, 0.1) is 13.8 Å². The Balaban J connectivity index is 2.94. The van der Waals surface area contributed by atoms with Crippen LogP contribution in [0.5, 0.6) is 5.75 Å². The second-order valence-corrected chi connectivity index (χ2v) is 2.95. The van der Waals surface area contributed by atoms with E-state index in [2.05, 4.69) is 5.10 Å². The number of hydrogen-bond acceptors (Lipinski definition) is 3. The molecule has 0 saturated heterocycles. The predicted molar refractivity (Wildman–Crippen MR) is 48.6 cm³/mol. The molecule has 13 heavy (non-hydrogen) atoms. The van der Waals surface area contributed by atoms with Gasteiger partial charge >= 0.3 is 5.97 Å². The van der Waals surface area contributed by atoms with E-state index in [4.69, 9.17) is 4.74 Å². The lowest BCUT2D eigenvalue weighted by atomic mass is 10.3. The largest absolute Gasteiger partial charge is 0.423 e. The Morgan fingerprint density at radius 2 is 2.15 bits per heavy atom. The van der Waals surface area contributed by atoms with Crippen LogP contribution in [0.2, 0.25) is 0 Å². The summed E-state index contributed by atoms with van der Waals surface area (Å²) in [6.45, 7) is 5.47. The minimum atomic E-state index is -0.223. The fraction of sp³-hybridized carbons (Fsp3) is 0.556. The first-order valence-electron chi connectivity index (χ1n) is 4.27. The molecule has 4 heteroatoms. The Morgan fingerprint density at radius 3 is 2.54 bits per heavy atom. The molecule has 1 aromatic heterocycles. The SMILES string of the molecule is CCC(=O)Oc1c(C)nn(C)c1C. The van der Waals surface area contributed by atoms with E-state index in [1.165, 1.54) is 0 Å². The zero-order valence-electron chi connectivity index (χ0n) is 8.42. The quantitative estimate of drug-likeness (QED) is 0.648. The molecule has 72 valence electrons. The van der Waals surface area contributed by atoms with Gasteiger partial charge in [0.15, 0.2) is 5.75 Å². The maximum Gasteiger partial charge on any atom is 0.311 e. The van der Waals surface area contributed by atoms with Crippen LogP contribution in [0.25, 0.3) is 0 Å². The molecule has 0 aliphatic rings. The van der Waals surface area contributed by atoms with E-state index in [1.54, 1.807) is 11.6 Å². The van der Waals surface area contributed by atoms with Crippen LogP contribution in [0.3, 0.4) is 0 Å². The molecule has 0 aliphatic carbocycles. The number of nitrogens with zero attached hydrogens (tertiary/aromatic N) is 2. The zero-order valence-corrected chi connectivity index (χ0v) is 8.42. The van der Waals surface area contributed by atoms with Gasteiger partial charge in [0.05, 0.1) is 5.69 Å². The normalized spacial score (nSPS) is 10.2. The lowest BCUT2D eigenvalue weighted by Crippen LogP contribution is -2.06. The van der Waals surface area contributed by atoms with Crippen molar-refractivity contribution < 1.29 is 9.53 Å². The maximum absolute atomic E-state index is 11.0. The zero-order chi connectivity index (χ0) is 10.0. The molecule has 0 bridgehead atoms. The van der Waals surface area contributed by atoms with Gasteiger partial charge in [-0.3, -0.25) is 9.48 Å². The van der Waals surface area contributed by atoms with Crippen molar-refractivity contribution in [1.29, 1.82) is 0 Å².